The zero-order chi connectivity index (χ0) is 20.6. The molecule has 0 aromatic heterocycles. The van der Waals surface area contributed by atoms with Crippen molar-refractivity contribution in [1.82, 2.24) is 4.90 Å². The van der Waals surface area contributed by atoms with Crippen molar-refractivity contribution in [2.45, 2.75) is 39.5 Å². The summed E-state index contributed by atoms with van der Waals surface area (Å²) in [5.41, 5.74) is 2.10. The maximum Gasteiger partial charge on any atom is 0.279 e. The molecule has 1 aromatic carbocycles. The summed E-state index contributed by atoms with van der Waals surface area (Å²) in [7, 11) is 0. The van der Waals surface area contributed by atoms with Crippen molar-refractivity contribution in [2.75, 3.05) is 57.7 Å². The van der Waals surface area contributed by atoms with Gasteiger partial charge in [-0.05, 0) is 43.2 Å². The van der Waals surface area contributed by atoms with E-state index in [0.29, 0.717) is 19.0 Å². The van der Waals surface area contributed by atoms with E-state index in [1.165, 1.54) is 28.2 Å². The van der Waals surface area contributed by atoms with Crippen LogP contribution in [0.5, 0.6) is 0 Å². The fraction of sp³-hybridized carbons (Fsp3) is 0.652. The van der Waals surface area contributed by atoms with Gasteiger partial charge in [-0.3, -0.25) is 9.59 Å². The van der Waals surface area contributed by atoms with Gasteiger partial charge in [0.05, 0.1) is 0 Å². The lowest BCUT2D eigenvalue weighted by Gasteiger charge is -2.30. The third-order valence-electron chi connectivity index (χ3n) is 6.17. The molecule has 3 rings (SSSR count). The van der Waals surface area contributed by atoms with Gasteiger partial charge >= 0.3 is 0 Å². The molecule has 0 spiro atoms. The number of hydrogen-bond donors (Lipinski definition) is 3. The molecule has 1 heterocycles. The fourth-order valence-corrected chi connectivity index (χ4v) is 4.21. The van der Waals surface area contributed by atoms with Gasteiger partial charge in [0.15, 0.2) is 13.1 Å². The molecule has 2 fully saturated rings. The number of piperazine rings is 1. The molecule has 1 aromatic rings. The number of nitrogens with one attached hydrogen (secondary N) is 3. The topological polar surface area (TPSA) is 58.3 Å². The van der Waals surface area contributed by atoms with Crippen LogP contribution in [0.2, 0.25) is 0 Å². The van der Waals surface area contributed by atoms with Crippen molar-refractivity contribution in [2.24, 2.45) is 5.92 Å². The first-order valence-corrected chi connectivity index (χ1v) is 11.4. The fourth-order valence-electron chi connectivity index (χ4n) is 4.21. The van der Waals surface area contributed by atoms with E-state index in [2.05, 4.69) is 30.1 Å². The first-order chi connectivity index (χ1) is 14.1. The van der Waals surface area contributed by atoms with Crippen LogP contribution < -0.4 is 15.1 Å². The second kappa shape index (κ2) is 10.7. The average molecular weight is 403 g/mol. The highest BCUT2D eigenvalue weighted by Gasteiger charge is 2.30. The Morgan fingerprint density at radius 1 is 1.03 bits per heavy atom. The van der Waals surface area contributed by atoms with Crippen molar-refractivity contribution < 1.29 is 19.4 Å². The zero-order valence-electron chi connectivity index (χ0n) is 18.1. The van der Waals surface area contributed by atoms with Crippen LogP contribution in [-0.2, 0) is 16.0 Å². The van der Waals surface area contributed by atoms with Gasteiger partial charge in [0.1, 0.15) is 26.2 Å². The van der Waals surface area contributed by atoms with E-state index in [1.54, 1.807) is 0 Å². The lowest BCUT2D eigenvalue weighted by atomic mass is 10.1. The van der Waals surface area contributed by atoms with Gasteiger partial charge in [0.2, 0.25) is 0 Å². The maximum atomic E-state index is 12.7. The van der Waals surface area contributed by atoms with Crippen LogP contribution in [0.25, 0.3) is 0 Å². The Morgan fingerprint density at radius 2 is 1.69 bits per heavy atom. The minimum absolute atomic E-state index is 0.0824. The predicted molar refractivity (Wildman–Crippen MR) is 115 cm³/mol. The summed E-state index contributed by atoms with van der Waals surface area (Å²) in [6.45, 7) is 11.0. The number of hydrogen-bond acceptors (Lipinski definition) is 2. The molecule has 2 amide bonds. The minimum Gasteiger partial charge on any atom is -0.338 e. The normalized spacial score (nSPS) is 21.6. The minimum atomic E-state index is 0.0824. The molecule has 2 aliphatic rings. The molecule has 29 heavy (non-hydrogen) atoms. The summed E-state index contributed by atoms with van der Waals surface area (Å²) in [4.78, 5) is 30.0. The van der Waals surface area contributed by atoms with Gasteiger partial charge in [-0.25, -0.2) is 0 Å². The quantitative estimate of drug-likeness (QED) is 0.500. The van der Waals surface area contributed by atoms with E-state index in [0.717, 1.165) is 63.7 Å². The van der Waals surface area contributed by atoms with Crippen LogP contribution in [0, 0.1) is 5.92 Å². The summed E-state index contributed by atoms with van der Waals surface area (Å²) in [5, 5.41) is 3.08. The van der Waals surface area contributed by atoms with Crippen LogP contribution in [0.3, 0.4) is 0 Å². The second-order valence-electron chi connectivity index (χ2n) is 8.70. The number of carbonyl (C=O) groups excluding carboxylic acids is 2. The molecule has 1 aliphatic heterocycles. The average Bonchev–Trinajstić information content (AvgIpc) is 3.53. The highest BCUT2D eigenvalue weighted by molar-refractivity contribution is 5.92. The summed E-state index contributed by atoms with van der Waals surface area (Å²) in [6, 6.07) is 8.01. The van der Waals surface area contributed by atoms with Gasteiger partial charge in [0.25, 0.3) is 11.8 Å². The summed E-state index contributed by atoms with van der Waals surface area (Å²) >= 11 is 0. The van der Waals surface area contributed by atoms with Crippen molar-refractivity contribution in [3.63, 3.8) is 0 Å². The third-order valence-corrected chi connectivity index (χ3v) is 6.17. The number of para-hydroxylation sites is 1. The summed E-state index contributed by atoms with van der Waals surface area (Å²) in [5.74, 6) is 1.14. The Morgan fingerprint density at radius 3 is 2.31 bits per heavy atom. The SMILES string of the molecule is CCCN(CC1CC1)C(=O)C[NH+]1CC[NH+](CC(=O)Nc2ccccc2CC)CC1. The Bertz CT molecular complexity index is 681. The molecule has 0 unspecified atom stereocenters. The van der Waals surface area contributed by atoms with Crippen LogP contribution in [0.1, 0.15) is 38.7 Å². The second-order valence-corrected chi connectivity index (χ2v) is 8.70. The molecular weight excluding hydrogens is 364 g/mol. The molecule has 1 saturated heterocycles. The van der Waals surface area contributed by atoms with E-state index < -0.39 is 0 Å². The van der Waals surface area contributed by atoms with Gasteiger partial charge in [-0.15, -0.1) is 0 Å². The number of aryl methyl sites for hydroxylation is 1. The third kappa shape index (κ3) is 6.82. The van der Waals surface area contributed by atoms with E-state index in [-0.39, 0.29) is 5.91 Å². The molecule has 1 aliphatic carbocycles. The van der Waals surface area contributed by atoms with E-state index in [1.807, 2.05) is 18.2 Å². The summed E-state index contributed by atoms with van der Waals surface area (Å²) in [6.07, 6.45) is 4.51. The van der Waals surface area contributed by atoms with Gasteiger partial charge in [-0.1, -0.05) is 32.0 Å². The number of carbonyl (C=O) groups is 2. The Kier molecular flexibility index (Phi) is 8.07. The Labute approximate surface area is 175 Å². The largest absolute Gasteiger partial charge is 0.338 e. The number of benzene rings is 1. The molecule has 0 bridgehead atoms. The van der Waals surface area contributed by atoms with Crippen LogP contribution >= 0.6 is 0 Å². The Balaban J connectivity index is 1.40. The van der Waals surface area contributed by atoms with E-state index in [4.69, 9.17) is 0 Å². The molecule has 160 valence electrons. The molecule has 0 radical (unpaired) electrons. The number of quaternary nitrogens is 2. The van der Waals surface area contributed by atoms with Crippen LogP contribution in [0.4, 0.5) is 5.69 Å². The molecule has 0 atom stereocenters. The monoisotopic (exact) mass is 402 g/mol. The Hall–Kier alpha value is -1.92. The lowest BCUT2D eigenvalue weighted by molar-refractivity contribution is -1.00. The lowest BCUT2D eigenvalue weighted by Crippen LogP contribution is -3.28. The van der Waals surface area contributed by atoms with Gasteiger partial charge in [0, 0.05) is 18.8 Å². The maximum absolute atomic E-state index is 12.7. The van der Waals surface area contributed by atoms with Crippen molar-refractivity contribution in [3.05, 3.63) is 29.8 Å². The van der Waals surface area contributed by atoms with Gasteiger partial charge in [-0.2, -0.15) is 0 Å². The van der Waals surface area contributed by atoms with E-state index >= 15 is 0 Å². The smallest absolute Gasteiger partial charge is 0.279 e. The number of nitrogens with zero attached hydrogens (tertiary/aromatic N) is 1. The zero-order valence-corrected chi connectivity index (χ0v) is 18.1. The van der Waals surface area contributed by atoms with E-state index in [9.17, 15) is 9.59 Å². The molecule has 3 N–H and O–H groups in total. The first kappa shape index (κ1) is 21.8. The van der Waals surface area contributed by atoms with Crippen LogP contribution in [0.15, 0.2) is 24.3 Å². The highest BCUT2D eigenvalue weighted by atomic mass is 16.2. The first-order valence-electron chi connectivity index (χ1n) is 11.4. The number of amides is 2. The molecular formula is C23H38N4O2+2. The predicted octanol–water partition coefficient (Wildman–Crippen LogP) is -0.380. The van der Waals surface area contributed by atoms with Crippen molar-refractivity contribution >= 4 is 17.5 Å². The van der Waals surface area contributed by atoms with Crippen molar-refractivity contribution in [1.29, 1.82) is 0 Å². The number of anilines is 1. The summed E-state index contributed by atoms with van der Waals surface area (Å²) < 4.78 is 0. The van der Waals surface area contributed by atoms with Crippen LogP contribution in [-0.4, -0.2) is 69.1 Å². The molecule has 6 heteroatoms. The standard InChI is InChI=1S/C23H36N4O2/c1-3-11-27(16-19-9-10-19)23(29)18-26-14-12-25(13-15-26)17-22(28)24-21-8-6-5-7-20(21)4-2/h5-8,19H,3-4,9-18H2,1-2H3,(H,24,28)/p+2. The molecule has 6 nitrogen and oxygen atoms in total. The van der Waals surface area contributed by atoms with Crippen molar-refractivity contribution in [3.8, 4) is 0 Å². The molecule has 1 saturated carbocycles. The highest BCUT2D eigenvalue weighted by Crippen LogP contribution is 2.29. The van der Waals surface area contributed by atoms with Gasteiger partial charge < -0.3 is 20.0 Å². The number of rotatable bonds is 10.